The molecule has 0 saturated heterocycles. The van der Waals surface area contributed by atoms with Gasteiger partial charge < -0.3 is 11.1 Å². The summed E-state index contributed by atoms with van der Waals surface area (Å²) < 4.78 is 0. The van der Waals surface area contributed by atoms with Crippen LogP contribution in [0.3, 0.4) is 0 Å². The van der Waals surface area contributed by atoms with Gasteiger partial charge in [-0.3, -0.25) is 4.79 Å². The summed E-state index contributed by atoms with van der Waals surface area (Å²) in [4.78, 5) is 12.4. The first-order valence-electron chi connectivity index (χ1n) is 7.35. The molecule has 3 N–H and O–H groups in total. The fourth-order valence-electron chi connectivity index (χ4n) is 2.97. The first-order valence-corrected chi connectivity index (χ1v) is 7.35. The third-order valence-corrected chi connectivity index (χ3v) is 4.31. The van der Waals surface area contributed by atoms with Crippen LogP contribution in [0.25, 0.3) is 0 Å². The third-order valence-electron chi connectivity index (χ3n) is 4.31. The Bertz CT molecular complexity index is 639. The molecule has 0 bridgehead atoms. The van der Waals surface area contributed by atoms with E-state index in [1.54, 1.807) is 0 Å². The topological polar surface area (TPSA) is 55.1 Å². The van der Waals surface area contributed by atoms with E-state index in [1.165, 1.54) is 5.56 Å². The number of nitrogens with two attached hydrogens (primary N) is 1. The fraction of sp³-hybridized carbons (Fsp3) is 0.278. The molecule has 0 saturated carbocycles. The first kappa shape index (κ1) is 13.8. The van der Waals surface area contributed by atoms with Gasteiger partial charge in [0.1, 0.15) is 0 Å². The molecule has 1 amide bonds. The molecule has 3 rings (SSSR count). The Morgan fingerprint density at radius 1 is 1.14 bits per heavy atom. The van der Waals surface area contributed by atoms with Crippen LogP contribution in [0.4, 0.5) is 0 Å². The smallest absolute Gasteiger partial charge is 0.227 e. The molecule has 21 heavy (non-hydrogen) atoms. The van der Waals surface area contributed by atoms with Crippen LogP contribution in [0.15, 0.2) is 54.6 Å². The zero-order valence-corrected chi connectivity index (χ0v) is 12.1. The van der Waals surface area contributed by atoms with Crippen molar-refractivity contribution in [3.8, 4) is 0 Å². The number of fused-ring (bicyclic) bond motifs is 1. The summed E-state index contributed by atoms with van der Waals surface area (Å²) >= 11 is 0. The van der Waals surface area contributed by atoms with Gasteiger partial charge in [0.25, 0.3) is 0 Å². The Labute approximate surface area is 125 Å². The molecule has 2 aromatic carbocycles. The van der Waals surface area contributed by atoms with E-state index in [2.05, 4.69) is 11.4 Å². The van der Waals surface area contributed by atoms with Gasteiger partial charge in [0.15, 0.2) is 0 Å². The maximum Gasteiger partial charge on any atom is 0.227 e. The lowest BCUT2D eigenvalue weighted by Crippen LogP contribution is -2.42. The van der Waals surface area contributed by atoms with E-state index in [1.807, 2.05) is 55.5 Å². The first-order chi connectivity index (χ1) is 10.2. The van der Waals surface area contributed by atoms with Crippen molar-refractivity contribution in [3.05, 3.63) is 71.3 Å². The van der Waals surface area contributed by atoms with Gasteiger partial charge in [0, 0.05) is 0 Å². The van der Waals surface area contributed by atoms with Crippen molar-refractivity contribution in [1.82, 2.24) is 5.32 Å². The minimum Gasteiger partial charge on any atom is -0.351 e. The largest absolute Gasteiger partial charge is 0.351 e. The highest BCUT2D eigenvalue weighted by atomic mass is 16.1. The normalized spacial score (nSPS) is 21.6. The van der Waals surface area contributed by atoms with Gasteiger partial charge in [0.2, 0.25) is 5.91 Å². The maximum atomic E-state index is 12.4. The molecule has 0 aliphatic heterocycles. The third kappa shape index (κ3) is 2.69. The molecule has 1 aliphatic carbocycles. The van der Waals surface area contributed by atoms with Crippen LogP contribution < -0.4 is 11.1 Å². The highest BCUT2D eigenvalue weighted by Crippen LogP contribution is 2.29. The van der Waals surface area contributed by atoms with E-state index < -0.39 is 0 Å². The molecule has 0 aromatic heterocycles. The maximum absolute atomic E-state index is 12.4. The van der Waals surface area contributed by atoms with E-state index in [0.717, 1.165) is 17.5 Å². The van der Waals surface area contributed by atoms with E-state index in [4.69, 9.17) is 5.73 Å². The second-order valence-corrected chi connectivity index (χ2v) is 5.68. The number of carbonyl (C=O) groups is 1. The van der Waals surface area contributed by atoms with Crippen molar-refractivity contribution in [2.45, 2.75) is 31.3 Å². The van der Waals surface area contributed by atoms with Crippen LogP contribution in [0, 0.1) is 0 Å². The van der Waals surface area contributed by atoms with Crippen molar-refractivity contribution >= 4 is 5.91 Å². The molecule has 1 aliphatic rings. The van der Waals surface area contributed by atoms with Crippen LogP contribution in [0.2, 0.25) is 0 Å². The highest BCUT2D eigenvalue weighted by molar-refractivity contribution is 5.83. The fourth-order valence-corrected chi connectivity index (χ4v) is 2.97. The predicted molar refractivity (Wildman–Crippen MR) is 83.9 cm³/mol. The van der Waals surface area contributed by atoms with Gasteiger partial charge in [-0.25, -0.2) is 0 Å². The number of hydrogen-bond donors (Lipinski definition) is 2. The SMILES string of the molecule is CC(C(=O)N[C@H]1Cc2ccccc2C1N)c1ccccc1. The summed E-state index contributed by atoms with van der Waals surface area (Å²) in [5.74, 6) is -0.128. The number of amides is 1. The Kier molecular flexibility index (Phi) is 3.76. The molecular formula is C18H20N2O. The van der Waals surface area contributed by atoms with Gasteiger partial charge in [-0.2, -0.15) is 0 Å². The summed E-state index contributed by atoms with van der Waals surface area (Å²) in [6.45, 7) is 1.93. The Hall–Kier alpha value is -2.13. The lowest BCUT2D eigenvalue weighted by molar-refractivity contribution is -0.123. The number of benzene rings is 2. The Balaban J connectivity index is 1.70. The molecule has 3 heteroatoms. The van der Waals surface area contributed by atoms with Gasteiger partial charge in [0.05, 0.1) is 18.0 Å². The van der Waals surface area contributed by atoms with Crippen molar-refractivity contribution in [3.63, 3.8) is 0 Å². The van der Waals surface area contributed by atoms with E-state index >= 15 is 0 Å². The summed E-state index contributed by atoms with van der Waals surface area (Å²) in [7, 11) is 0. The van der Waals surface area contributed by atoms with Crippen molar-refractivity contribution in [1.29, 1.82) is 0 Å². The average molecular weight is 280 g/mol. The van der Waals surface area contributed by atoms with E-state index in [9.17, 15) is 4.79 Å². The quantitative estimate of drug-likeness (QED) is 0.907. The highest BCUT2D eigenvalue weighted by Gasteiger charge is 2.31. The van der Waals surface area contributed by atoms with Crippen LogP contribution in [-0.2, 0) is 11.2 Å². The number of hydrogen-bond acceptors (Lipinski definition) is 2. The molecule has 3 atom stereocenters. The lowest BCUT2D eigenvalue weighted by Gasteiger charge is -2.20. The molecule has 0 heterocycles. The van der Waals surface area contributed by atoms with Gasteiger partial charge in [-0.1, -0.05) is 54.6 Å². The molecule has 2 aromatic rings. The Morgan fingerprint density at radius 3 is 2.52 bits per heavy atom. The van der Waals surface area contributed by atoms with E-state index in [0.29, 0.717) is 0 Å². The monoisotopic (exact) mass is 280 g/mol. The lowest BCUT2D eigenvalue weighted by atomic mass is 9.99. The molecular weight excluding hydrogens is 260 g/mol. The Morgan fingerprint density at radius 2 is 1.81 bits per heavy atom. The van der Waals surface area contributed by atoms with Crippen molar-refractivity contribution in [2.24, 2.45) is 5.73 Å². The predicted octanol–water partition coefficient (Wildman–Crippen LogP) is 2.53. The number of nitrogens with one attached hydrogen (secondary N) is 1. The van der Waals surface area contributed by atoms with Crippen LogP contribution in [0.5, 0.6) is 0 Å². The molecule has 108 valence electrons. The molecule has 0 spiro atoms. The average Bonchev–Trinajstić information content (AvgIpc) is 2.84. The molecule has 2 unspecified atom stereocenters. The second-order valence-electron chi connectivity index (χ2n) is 5.68. The van der Waals surface area contributed by atoms with Crippen LogP contribution >= 0.6 is 0 Å². The summed E-state index contributed by atoms with van der Waals surface area (Å²) in [6.07, 6.45) is 0.810. The standard InChI is InChI=1S/C18H20N2O/c1-12(13-7-3-2-4-8-13)18(21)20-16-11-14-9-5-6-10-15(14)17(16)19/h2-10,12,16-17H,11,19H2,1H3,(H,20,21)/t12?,16-,17?/m0/s1. The number of carbonyl (C=O) groups excluding carboxylic acids is 1. The van der Waals surface area contributed by atoms with Crippen LogP contribution in [0.1, 0.15) is 35.6 Å². The van der Waals surface area contributed by atoms with Crippen LogP contribution in [-0.4, -0.2) is 11.9 Å². The van der Waals surface area contributed by atoms with E-state index in [-0.39, 0.29) is 23.9 Å². The number of rotatable bonds is 3. The van der Waals surface area contributed by atoms with Crippen molar-refractivity contribution < 1.29 is 4.79 Å². The second kappa shape index (κ2) is 5.70. The minimum absolute atomic E-state index is 0.0129. The van der Waals surface area contributed by atoms with Crippen molar-refractivity contribution in [2.75, 3.05) is 0 Å². The van der Waals surface area contributed by atoms with Gasteiger partial charge in [-0.05, 0) is 30.0 Å². The summed E-state index contributed by atoms with van der Waals surface area (Å²) in [5.41, 5.74) is 9.68. The molecule has 0 radical (unpaired) electrons. The zero-order chi connectivity index (χ0) is 14.8. The zero-order valence-electron chi connectivity index (χ0n) is 12.1. The molecule has 0 fully saturated rings. The summed E-state index contributed by atoms with van der Waals surface area (Å²) in [5, 5.41) is 3.11. The minimum atomic E-state index is -0.165. The molecule has 3 nitrogen and oxygen atoms in total. The summed E-state index contributed by atoms with van der Waals surface area (Å²) in [6, 6.07) is 17.8. The van der Waals surface area contributed by atoms with Gasteiger partial charge in [-0.15, -0.1) is 0 Å². The van der Waals surface area contributed by atoms with Gasteiger partial charge >= 0.3 is 0 Å².